The molecule has 0 spiro atoms. The van der Waals surface area contributed by atoms with Crippen LogP contribution < -0.4 is 4.74 Å². The number of hydrogen-bond acceptors (Lipinski definition) is 4. The molecule has 1 aromatic carbocycles. The van der Waals surface area contributed by atoms with Crippen LogP contribution in [0.3, 0.4) is 0 Å². The number of halogens is 1. The lowest BCUT2D eigenvalue weighted by atomic mass is 10.00. The van der Waals surface area contributed by atoms with E-state index >= 15 is 0 Å². The first-order valence-corrected chi connectivity index (χ1v) is 7.41. The molecule has 1 fully saturated rings. The molecular formula is C16H25FN2O2. The number of methoxy groups -OCH3 is 1. The smallest absolute Gasteiger partial charge is 0.168 e. The number of ether oxygens (including phenoxy) is 1. The van der Waals surface area contributed by atoms with Crippen LogP contribution in [0.2, 0.25) is 0 Å². The van der Waals surface area contributed by atoms with Crippen molar-refractivity contribution >= 4 is 0 Å². The molecule has 0 saturated carbocycles. The molecule has 4 nitrogen and oxygen atoms in total. The molecule has 1 heterocycles. The van der Waals surface area contributed by atoms with Gasteiger partial charge in [0.1, 0.15) is 0 Å². The molecule has 0 amide bonds. The van der Waals surface area contributed by atoms with Crippen LogP contribution in [-0.2, 0) is 6.42 Å². The number of hydrogen-bond donors (Lipinski definition) is 1. The second-order valence-corrected chi connectivity index (χ2v) is 5.87. The van der Waals surface area contributed by atoms with Crippen molar-refractivity contribution in [3.05, 3.63) is 29.6 Å². The monoisotopic (exact) mass is 296 g/mol. The minimum atomic E-state index is -0.600. The molecule has 0 bridgehead atoms. The highest BCUT2D eigenvalue weighted by Gasteiger charge is 2.28. The fraction of sp³-hybridized carbons (Fsp3) is 0.625. The van der Waals surface area contributed by atoms with Crippen LogP contribution in [-0.4, -0.2) is 67.9 Å². The van der Waals surface area contributed by atoms with Crippen LogP contribution in [0.15, 0.2) is 18.2 Å². The minimum Gasteiger partial charge on any atom is -0.494 e. The van der Waals surface area contributed by atoms with Gasteiger partial charge in [-0.05, 0) is 45.2 Å². The number of aliphatic hydroxyl groups excluding tert-OH is 1. The van der Waals surface area contributed by atoms with Crippen molar-refractivity contribution in [2.45, 2.75) is 25.0 Å². The molecular weight excluding hydrogens is 271 g/mol. The third-order valence-electron chi connectivity index (χ3n) is 4.25. The molecule has 2 atom stereocenters. The van der Waals surface area contributed by atoms with Gasteiger partial charge < -0.3 is 14.7 Å². The van der Waals surface area contributed by atoms with Gasteiger partial charge in [-0.1, -0.05) is 12.1 Å². The zero-order valence-electron chi connectivity index (χ0n) is 13.1. The molecule has 1 N–H and O–H groups in total. The second-order valence-electron chi connectivity index (χ2n) is 5.87. The number of rotatable bonds is 4. The summed E-state index contributed by atoms with van der Waals surface area (Å²) in [6.07, 6.45) is 0.785. The van der Waals surface area contributed by atoms with Crippen molar-refractivity contribution in [1.82, 2.24) is 9.80 Å². The summed E-state index contributed by atoms with van der Waals surface area (Å²) in [4.78, 5) is 4.39. The van der Waals surface area contributed by atoms with E-state index in [0.717, 1.165) is 26.1 Å². The highest BCUT2D eigenvalue weighted by molar-refractivity contribution is 5.31. The third-order valence-corrected chi connectivity index (χ3v) is 4.25. The number of likely N-dealkylation sites (N-methyl/N-ethyl adjacent to an activating group) is 2. The quantitative estimate of drug-likeness (QED) is 0.910. The first-order chi connectivity index (χ1) is 10.0. The fourth-order valence-corrected chi connectivity index (χ4v) is 2.95. The standard InChI is InChI=1S/C16H25FN2O2/c1-18-8-5-9-19(2)13(11-18)14(20)10-12-6-4-7-15(21-3)16(12)17/h4,6-7,13-14,20H,5,8-11H2,1-3H3. The molecule has 2 unspecified atom stereocenters. The summed E-state index contributed by atoms with van der Waals surface area (Å²) in [5.74, 6) is -0.144. The summed E-state index contributed by atoms with van der Waals surface area (Å²) in [6, 6.07) is 5.08. The Bertz CT molecular complexity index is 470. The van der Waals surface area contributed by atoms with E-state index in [1.54, 1.807) is 18.2 Å². The molecule has 1 aliphatic heterocycles. The van der Waals surface area contributed by atoms with Crippen LogP contribution in [0.1, 0.15) is 12.0 Å². The topological polar surface area (TPSA) is 35.9 Å². The lowest BCUT2D eigenvalue weighted by Gasteiger charge is -2.31. The van der Waals surface area contributed by atoms with E-state index in [1.165, 1.54) is 7.11 Å². The van der Waals surface area contributed by atoms with Crippen LogP contribution in [0.4, 0.5) is 4.39 Å². The molecule has 21 heavy (non-hydrogen) atoms. The van der Waals surface area contributed by atoms with E-state index in [2.05, 4.69) is 16.8 Å². The lowest BCUT2D eigenvalue weighted by Crippen LogP contribution is -2.47. The van der Waals surface area contributed by atoms with Gasteiger partial charge in [-0.3, -0.25) is 4.90 Å². The highest BCUT2D eigenvalue weighted by atomic mass is 19.1. The van der Waals surface area contributed by atoms with Crippen LogP contribution in [0.5, 0.6) is 5.75 Å². The lowest BCUT2D eigenvalue weighted by molar-refractivity contribution is 0.0575. The van der Waals surface area contributed by atoms with E-state index in [0.29, 0.717) is 12.0 Å². The van der Waals surface area contributed by atoms with Crippen LogP contribution in [0, 0.1) is 5.82 Å². The molecule has 5 heteroatoms. The van der Waals surface area contributed by atoms with Crippen molar-refractivity contribution in [2.75, 3.05) is 40.8 Å². The Morgan fingerprint density at radius 3 is 2.86 bits per heavy atom. The Hall–Kier alpha value is -1.17. The van der Waals surface area contributed by atoms with E-state index in [4.69, 9.17) is 4.74 Å². The van der Waals surface area contributed by atoms with Crippen molar-refractivity contribution in [3.63, 3.8) is 0 Å². The summed E-state index contributed by atoms with van der Waals surface area (Å²) >= 11 is 0. The predicted octanol–water partition coefficient (Wildman–Crippen LogP) is 1.37. The molecule has 0 aromatic heterocycles. The van der Waals surface area contributed by atoms with E-state index in [9.17, 15) is 9.50 Å². The second kappa shape index (κ2) is 7.20. The van der Waals surface area contributed by atoms with Crippen LogP contribution in [0.25, 0.3) is 0 Å². The Balaban J connectivity index is 2.11. The van der Waals surface area contributed by atoms with Crippen molar-refractivity contribution in [2.24, 2.45) is 0 Å². The molecule has 0 radical (unpaired) electrons. The number of nitrogens with zero attached hydrogens (tertiary/aromatic N) is 2. The molecule has 0 aliphatic carbocycles. The summed E-state index contributed by atoms with van der Waals surface area (Å²) in [5, 5.41) is 10.6. The molecule has 2 rings (SSSR count). The minimum absolute atomic E-state index is 0.0168. The maximum Gasteiger partial charge on any atom is 0.168 e. The Morgan fingerprint density at radius 1 is 1.38 bits per heavy atom. The Kier molecular flexibility index (Phi) is 5.56. The first kappa shape index (κ1) is 16.2. The molecule has 1 aromatic rings. The van der Waals surface area contributed by atoms with Crippen molar-refractivity contribution in [3.8, 4) is 5.75 Å². The summed E-state index contributed by atoms with van der Waals surface area (Å²) in [5.41, 5.74) is 0.502. The first-order valence-electron chi connectivity index (χ1n) is 7.41. The van der Waals surface area contributed by atoms with Gasteiger partial charge in [-0.15, -0.1) is 0 Å². The summed E-state index contributed by atoms with van der Waals surface area (Å²) in [7, 11) is 5.53. The summed E-state index contributed by atoms with van der Waals surface area (Å²) < 4.78 is 19.2. The van der Waals surface area contributed by atoms with Gasteiger partial charge >= 0.3 is 0 Å². The van der Waals surface area contributed by atoms with E-state index in [1.807, 2.05) is 7.05 Å². The molecule has 118 valence electrons. The largest absolute Gasteiger partial charge is 0.494 e. The Labute approximate surface area is 126 Å². The van der Waals surface area contributed by atoms with Gasteiger partial charge in [0.15, 0.2) is 11.6 Å². The van der Waals surface area contributed by atoms with E-state index in [-0.39, 0.29) is 17.6 Å². The maximum absolute atomic E-state index is 14.2. The predicted molar refractivity (Wildman–Crippen MR) is 81.2 cm³/mol. The van der Waals surface area contributed by atoms with Gasteiger partial charge in [0.25, 0.3) is 0 Å². The van der Waals surface area contributed by atoms with Crippen molar-refractivity contribution in [1.29, 1.82) is 0 Å². The zero-order chi connectivity index (χ0) is 15.4. The van der Waals surface area contributed by atoms with E-state index < -0.39 is 6.10 Å². The fourth-order valence-electron chi connectivity index (χ4n) is 2.95. The van der Waals surface area contributed by atoms with Gasteiger partial charge in [0.2, 0.25) is 0 Å². The van der Waals surface area contributed by atoms with Crippen LogP contribution >= 0.6 is 0 Å². The number of benzene rings is 1. The van der Waals surface area contributed by atoms with Gasteiger partial charge in [-0.25, -0.2) is 4.39 Å². The van der Waals surface area contributed by atoms with Gasteiger partial charge in [0.05, 0.1) is 13.2 Å². The normalized spacial score (nSPS) is 22.8. The SMILES string of the molecule is COc1cccc(CC(O)C2CN(C)CCCN2C)c1F. The van der Waals surface area contributed by atoms with Gasteiger partial charge in [0, 0.05) is 19.0 Å². The molecule has 1 saturated heterocycles. The molecule has 1 aliphatic rings. The summed E-state index contributed by atoms with van der Waals surface area (Å²) in [6.45, 7) is 2.77. The third kappa shape index (κ3) is 3.93. The number of aliphatic hydroxyl groups is 1. The highest BCUT2D eigenvalue weighted by Crippen LogP contribution is 2.22. The average molecular weight is 296 g/mol. The Morgan fingerprint density at radius 2 is 2.14 bits per heavy atom. The zero-order valence-corrected chi connectivity index (χ0v) is 13.1. The maximum atomic E-state index is 14.2. The van der Waals surface area contributed by atoms with Crippen molar-refractivity contribution < 1.29 is 14.2 Å². The van der Waals surface area contributed by atoms with Gasteiger partial charge in [-0.2, -0.15) is 0 Å². The average Bonchev–Trinajstić information content (AvgIpc) is 2.62.